The van der Waals surface area contributed by atoms with Gasteiger partial charge in [-0.25, -0.2) is 14.8 Å². The van der Waals surface area contributed by atoms with Crippen molar-refractivity contribution in [1.82, 2.24) is 9.97 Å². The van der Waals surface area contributed by atoms with Crippen molar-refractivity contribution in [3.63, 3.8) is 0 Å². The van der Waals surface area contributed by atoms with E-state index in [0.29, 0.717) is 17.8 Å². The fourth-order valence-electron chi connectivity index (χ4n) is 2.19. The van der Waals surface area contributed by atoms with Crippen LogP contribution in [0.15, 0.2) is 60.0 Å². The van der Waals surface area contributed by atoms with Gasteiger partial charge in [0.2, 0.25) is 5.88 Å². The molecule has 12 heteroatoms. The number of oxime groups is 1. The van der Waals surface area contributed by atoms with E-state index in [0.717, 1.165) is 0 Å². The number of pyridine rings is 2. The molecule has 1 aromatic carbocycles. The molecule has 0 atom stereocenters. The monoisotopic (exact) mass is 470 g/mol. The van der Waals surface area contributed by atoms with E-state index in [1.165, 1.54) is 42.6 Å². The molecule has 0 aliphatic heterocycles. The van der Waals surface area contributed by atoms with Gasteiger partial charge in [0.1, 0.15) is 15.9 Å². The van der Waals surface area contributed by atoms with Gasteiger partial charge in [0.15, 0.2) is 5.84 Å². The molecule has 2 aromatic heterocycles. The van der Waals surface area contributed by atoms with Crippen molar-refractivity contribution >= 4 is 35.0 Å². The molecule has 0 fully saturated rings. The Balaban J connectivity index is 1.68. The van der Waals surface area contributed by atoms with E-state index in [1.54, 1.807) is 0 Å². The number of amidine groups is 1. The van der Waals surface area contributed by atoms with Gasteiger partial charge in [-0.2, -0.15) is 13.2 Å². The largest absolute Gasteiger partial charge is 0.438 e. The number of hydrogen-bond donors (Lipinski definition) is 1. The molecule has 2 N–H and O–H groups in total. The number of benzene rings is 1. The zero-order valence-corrected chi connectivity index (χ0v) is 16.7. The van der Waals surface area contributed by atoms with Crippen LogP contribution >= 0.6 is 23.2 Å². The molecular weight excluding hydrogens is 460 g/mol. The maximum Gasteiger partial charge on any atom is 0.417 e. The highest BCUT2D eigenvalue weighted by atomic mass is 35.5. The summed E-state index contributed by atoms with van der Waals surface area (Å²) in [5.74, 6) is -0.939. The van der Waals surface area contributed by atoms with Crippen LogP contribution in [-0.4, -0.2) is 21.8 Å². The van der Waals surface area contributed by atoms with Crippen molar-refractivity contribution in [2.45, 2.75) is 6.18 Å². The van der Waals surface area contributed by atoms with E-state index in [2.05, 4.69) is 15.1 Å². The highest BCUT2D eigenvalue weighted by molar-refractivity contribution is 6.32. The van der Waals surface area contributed by atoms with E-state index < -0.39 is 17.7 Å². The van der Waals surface area contributed by atoms with Crippen LogP contribution in [0, 0.1) is 0 Å². The summed E-state index contributed by atoms with van der Waals surface area (Å²) >= 11 is 11.6. The first-order valence-corrected chi connectivity index (χ1v) is 9.07. The minimum atomic E-state index is -4.57. The van der Waals surface area contributed by atoms with Gasteiger partial charge in [-0.15, -0.1) is 0 Å². The smallest absolute Gasteiger partial charge is 0.417 e. The summed E-state index contributed by atoms with van der Waals surface area (Å²) in [5.41, 5.74) is 5.19. The highest BCUT2D eigenvalue weighted by Gasteiger charge is 2.31. The summed E-state index contributed by atoms with van der Waals surface area (Å²) in [6, 6.07) is 9.50. The predicted octanol–water partition coefficient (Wildman–Crippen LogP) is 5.07. The molecule has 3 rings (SSSR count). The maximum absolute atomic E-state index is 12.7. The number of aromatic nitrogens is 2. The first-order chi connectivity index (χ1) is 14.6. The summed E-state index contributed by atoms with van der Waals surface area (Å²) in [7, 11) is 0. The zero-order chi connectivity index (χ0) is 22.6. The number of nitrogens with two attached hydrogens (primary N) is 1. The molecule has 0 saturated heterocycles. The minimum absolute atomic E-state index is 0.0189. The zero-order valence-electron chi connectivity index (χ0n) is 15.2. The Morgan fingerprint density at radius 2 is 1.81 bits per heavy atom. The van der Waals surface area contributed by atoms with Crippen LogP contribution in [0.5, 0.6) is 11.6 Å². The third-order valence-corrected chi connectivity index (χ3v) is 4.28. The maximum atomic E-state index is 12.7. The Labute approximate surface area is 183 Å². The van der Waals surface area contributed by atoms with Gasteiger partial charge in [0.25, 0.3) is 0 Å². The van der Waals surface area contributed by atoms with Gasteiger partial charge in [0.05, 0.1) is 11.1 Å². The molecule has 0 spiro atoms. The molecule has 160 valence electrons. The second-order valence-corrected chi connectivity index (χ2v) is 6.60. The Kier molecular flexibility index (Phi) is 6.62. The first-order valence-electron chi connectivity index (χ1n) is 8.31. The average Bonchev–Trinajstić information content (AvgIpc) is 2.73. The molecule has 31 heavy (non-hydrogen) atoms. The lowest BCUT2D eigenvalue weighted by molar-refractivity contribution is -0.137. The Morgan fingerprint density at radius 3 is 2.42 bits per heavy atom. The molecule has 0 aliphatic rings. The standard InChI is InChI=1S/C19H11Cl2F3N4O3/c20-14-8-11(19(22,23)24)9-27-17(14)30-12-5-3-10(4-6-12)16(25)28-31-18(29)13-2-1-7-26-15(13)21/h1-9H,(H2,25,28). The number of carbonyl (C=O) groups is 1. The average molecular weight is 471 g/mol. The van der Waals surface area contributed by atoms with Crippen molar-refractivity contribution in [2.75, 3.05) is 0 Å². The predicted molar refractivity (Wildman–Crippen MR) is 106 cm³/mol. The van der Waals surface area contributed by atoms with Gasteiger partial charge >= 0.3 is 12.1 Å². The number of rotatable bonds is 5. The van der Waals surface area contributed by atoms with Crippen molar-refractivity contribution in [2.24, 2.45) is 10.9 Å². The summed E-state index contributed by atoms with van der Waals surface area (Å²) in [6.07, 6.45) is -2.55. The van der Waals surface area contributed by atoms with Crippen LogP contribution in [0.1, 0.15) is 21.5 Å². The first kappa shape index (κ1) is 22.3. The summed E-state index contributed by atoms with van der Waals surface area (Å²) in [6.45, 7) is 0. The minimum Gasteiger partial charge on any atom is -0.438 e. The van der Waals surface area contributed by atoms with Gasteiger partial charge in [-0.05, 0) is 42.5 Å². The molecule has 3 aromatic rings. The molecule has 0 saturated carbocycles. The molecule has 0 radical (unpaired) electrons. The van der Waals surface area contributed by atoms with Crippen LogP contribution in [0.25, 0.3) is 0 Å². The van der Waals surface area contributed by atoms with E-state index in [4.69, 9.17) is 38.5 Å². The molecule has 0 amide bonds. The lowest BCUT2D eigenvalue weighted by atomic mass is 10.2. The van der Waals surface area contributed by atoms with Crippen molar-refractivity contribution < 1.29 is 27.5 Å². The number of alkyl halides is 3. The van der Waals surface area contributed by atoms with E-state index in [9.17, 15) is 18.0 Å². The molecule has 0 aliphatic carbocycles. The second-order valence-electron chi connectivity index (χ2n) is 5.83. The molecule has 0 unspecified atom stereocenters. The topological polar surface area (TPSA) is 99.7 Å². The van der Waals surface area contributed by atoms with Crippen LogP contribution in [0.2, 0.25) is 10.2 Å². The number of nitrogens with zero attached hydrogens (tertiary/aromatic N) is 3. The fourth-order valence-corrected chi connectivity index (χ4v) is 2.59. The van der Waals surface area contributed by atoms with Crippen molar-refractivity contribution in [3.8, 4) is 11.6 Å². The number of halogens is 5. The third-order valence-electron chi connectivity index (χ3n) is 3.71. The van der Waals surface area contributed by atoms with Crippen LogP contribution in [0.4, 0.5) is 13.2 Å². The quantitative estimate of drug-likeness (QED) is 0.183. The SMILES string of the molecule is N/C(=N/OC(=O)c1cccnc1Cl)c1ccc(Oc2ncc(C(F)(F)F)cc2Cl)cc1. The highest BCUT2D eigenvalue weighted by Crippen LogP contribution is 2.34. The number of hydrogen-bond acceptors (Lipinski definition) is 6. The van der Waals surface area contributed by atoms with E-state index in [1.807, 2.05) is 0 Å². The second kappa shape index (κ2) is 9.19. The fraction of sp³-hybridized carbons (Fsp3) is 0.0526. The number of carbonyl (C=O) groups excluding carboxylic acids is 1. The normalized spacial score (nSPS) is 11.8. The van der Waals surface area contributed by atoms with Crippen molar-refractivity contribution in [3.05, 3.63) is 81.7 Å². The Bertz CT molecular complexity index is 1140. The molecule has 0 bridgehead atoms. The Hall–Kier alpha value is -3.37. The van der Waals surface area contributed by atoms with Gasteiger partial charge in [-0.3, -0.25) is 0 Å². The van der Waals surface area contributed by atoms with Crippen LogP contribution < -0.4 is 10.5 Å². The summed E-state index contributed by atoms with van der Waals surface area (Å²) < 4.78 is 43.4. The third kappa shape index (κ3) is 5.62. The Morgan fingerprint density at radius 1 is 1.10 bits per heavy atom. The molecule has 2 heterocycles. The van der Waals surface area contributed by atoms with Gasteiger partial charge < -0.3 is 15.3 Å². The van der Waals surface area contributed by atoms with E-state index in [-0.39, 0.29) is 33.2 Å². The van der Waals surface area contributed by atoms with Crippen molar-refractivity contribution in [1.29, 1.82) is 0 Å². The van der Waals surface area contributed by atoms with Crippen LogP contribution in [0.3, 0.4) is 0 Å². The molecule has 7 nitrogen and oxygen atoms in total. The lowest BCUT2D eigenvalue weighted by Crippen LogP contribution is -2.15. The lowest BCUT2D eigenvalue weighted by Gasteiger charge is -2.10. The van der Waals surface area contributed by atoms with Gasteiger partial charge in [0, 0.05) is 18.0 Å². The number of ether oxygens (including phenoxy) is 1. The summed E-state index contributed by atoms with van der Waals surface area (Å²) in [5, 5.41) is 3.20. The van der Waals surface area contributed by atoms with Gasteiger partial charge in [-0.1, -0.05) is 28.4 Å². The van der Waals surface area contributed by atoms with E-state index >= 15 is 0 Å². The summed E-state index contributed by atoms with van der Waals surface area (Å²) in [4.78, 5) is 24.1. The molecular formula is C19H11Cl2F3N4O3. The van der Waals surface area contributed by atoms with Crippen LogP contribution in [-0.2, 0) is 11.0 Å².